The van der Waals surface area contributed by atoms with Crippen molar-refractivity contribution < 1.29 is 0 Å². The Morgan fingerprint density at radius 2 is 2.38 bits per heavy atom. The number of hydrogen-bond donors (Lipinski definition) is 0. The molecule has 0 aromatic carbocycles. The number of anilines is 2. The van der Waals surface area contributed by atoms with Crippen LogP contribution in [0.4, 0.5) is 11.8 Å². The smallest absolute Gasteiger partial charge is 0.226 e. The van der Waals surface area contributed by atoms with Crippen LogP contribution in [0.1, 0.15) is 6.42 Å². The SMILES string of the molecule is CN(C)c1nccc(N2CCC(CBr)C2)n1. The van der Waals surface area contributed by atoms with E-state index in [0.717, 1.165) is 36.1 Å². The molecule has 0 N–H and O–H groups in total. The number of nitrogens with zero attached hydrogens (tertiary/aromatic N) is 4. The molecule has 4 nitrogen and oxygen atoms in total. The molecule has 88 valence electrons. The van der Waals surface area contributed by atoms with Gasteiger partial charge in [0.15, 0.2) is 0 Å². The molecule has 2 rings (SSSR count). The number of alkyl halides is 1. The van der Waals surface area contributed by atoms with E-state index in [4.69, 9.17) is 0 Å². The lowest BCUT2D eigenvalue weighted by Gasteiger charge is -2.19. The Kier molecular flexibility index (Phi) is 3.63. The molecule has 0 saturated carbocycles. The minimum absolute atomic E-state index is 0.748. The van der Waals surface area contributed by atoms with Gasteiger partial charge in [0.25, 0.3) is 0 Å². The zero-order valence-electron chi connectivity index (χ0n) is 9.73. The Hall–Kier alpha value is -0.840. The molecule has 0 amide bonds. The highest BCUT2D eigenvalue weighted by molar-refractivity contribution is 9.09. The Morgan fingerprint density at radius 3 is 3.00 bits per heavy atom. The van der Waals surface area contributed by atoms with E-state index in [1.165, 1.54) is 6.42 Å². The average molecular weight is 285 g/mol. The maximum Gasteiger partial charge on any atom is 0.226 e. The molecule has 1 aliphatic heterocycles. The van der Waals surface area contributed by atoms with Crippen molar-refractivity contribution in [3.8, 4) is 0 Å². The van der Waals surface area contributed by atoms with Crippen LogP contribution in [0.15, 0.2) is 12.3 Å². The van der Waals surface area contributed by atoms with Crippen molar-refractivity contribution in [2.75, 3.05) is 42.3 Å². The number of halogens is 1. The van der Waals surface area contributed by atoms with Crippen molar-refractivity contribution in [1.29, 1.82) is 0 Å². The van der Waals surface area contributed by atoms with Gasteiger partial charge >= 0.3 is 0 Å². The fraction of sp³-hybridized carbons (Fsp3) is 0.636. The van der Waals surface area contributed by atoms with Gasteiger partial charge in [-0.3, -0.25) is 0 Å². The minimum Gasteiger partial charge on any atom is -0.356 e. The molecule has 1 atom stereocenters. The maximum atomic E-state index is 4.55. The van der Waals surface area contributed by atoms with Crippen LogP contribution >= 0.6 is 15.9 Å². The fourth-order valence-electron chi connectivity index (χ4n) is 1.90. The second-order valence-electron chi connectivity index (χ2n) is 4.36. The van der Waals surface area contributed by atoms with Gasteiger partial charge in [-0.25, -0.2) is 4.98 Å². The van der Waals surface area contributed by atoms with E-state index in [-0.39, 0.29) is 0 Å². The summed E-state index contributed by atoms with van der Waals surface area (Å²) in [5.41, 5.74) is 0. The van der Waals surface area contributed by atoms with Gasteiger partial charge in [0.1, 0.15) is 5.82 Å². The summed E-state index contributed by atoms with van der Waals surface area (Å²) in [6.07, 6.45) is 3.08. The van der Waals surface area contributed by atoms with Gasteiger partial charge in [0, 0.05) is 38.7 Å². The monoisotopic (exact) mass is 284 g/mol. The van der Waals surface area contributed by atoms with Crippen LogP contribution < -0.4 is 9.80 Å². The molecule has 2 heterocycles. The predicted octanol–water partition coefficient (Wildman–Crippen LogP) is 1.76. The van der Waals surface area contributed by atoms with Crippen LogP contribution in [0.2, 0.25) is 0 Å². The van der Waals surface area contributed by atoms with Crippen LogP contribution in [-0.2, 0) is 0 Å². The van der Waals surface area contributed by atoms with E-state index in [0.29, 0.717) is 0 Å². The van der Waals surface area contributed by atoms with Crippen LogP contribution in [0.25, 0.3) is 0 Å². The second kappa shape index (κ2) is 4.99. The van der Waals surface area contributed by atoms with Gasteiger partial charge in [-0.1, -0.05) is 15.9 Å². The average Bonchev–Trinajstić information content (AvgIpc) is 2.77. The van der Waals surface area contributed by atoms with Gasteiger partial charge in [0.05, 0.1) is 0 Å². The summed E-state index contributed by atoms with van der Waals surface area (Å²) in [6.45, 7) is 2.19. The molecule has 1 unspecified atom stereocenters. The van der Waals surface area contributed by atoms with Crippen molar-refractivity contribution >= 4 is 27.7 Å². The summed E-state index contributed by atoms with van der Waals surface area (Å²) in [5.74, 6) is 2.57. The third-order valence-electron chi connectivity index (χ3n) is 2.86. The number of hydrogen-bond acceptors (Lipinski definition) is 4. The molecule has 1 aliphatic rings. The lowest BCUT2D eigenvalue weighted by molar-refractivity contribution is 0.675. The molecule has 0 radical (unpaired) electrons. The van der Waals surface area contributed by atoms with E-state index >= 15 is 0 Å². The highest BCUT2D eigenvalue weighted by atomic mass is 79.9. The predicted molar refractivity (Wildman–Crippen MR) is 70.5 cm³/mol. The van der Waals surface area contributed by atoms with Crippen molar-refractivity contribution in [3.63, 3.8) is 0 Å². The van der Waals surface area contributed by atoms with Gasteiger partial charge in [-0.15, -0.1) is 0 Å². The van der Waals surface area contributed by atoms with E-state index in [1.807, 2.05) is 31.3 Å². The van der Waals surface area contributed by atoms with Gasteiger partial charge in [-0.05, 0) is 18.4 Å². The normalized spacial score (nSPS) is 20.2. The van der Waals surface area contributed by atoms with E-state index < -0.39 is 0 Å². The van der Waals surface area contributed by atoms with Crippen molar-refractivity contribution in [3.05, 3.63) is 12.3 Å². The summed E-state index contributed by atoms with van der Waals surface area (Å²) >= 11 is 3.55. The molecule has 0 aliphatic carbocycles. The second-order valence-corrected chi connectivity index (χ2v) is 5.01. The first-order chi connectivity index (χ1) is 7.70. The maximum absolute atomic E-state index is 4.55. The first-order valence-corrected chi connectivity index (χ1v) is 6.64. The largest absolute Gasteiger partial charge is 0.356 e. The van der Waals surface area contributed by atoms with Crippen molar-refractivity contribution in [2.24, 2.45) is 5.92 Å². The van der Waals surface area contributed by atoms with Crippen molar-refractivity contribution in [1.82, 2.24) is 9.97 Å². The van der Waals surface area contributed by atoms with Crippen LogP contribution in [0.5, 0.6) is 0 Å². The summed E-state index contributed by atoms with van der Waals surface area (Å²) in [5, 5.41) is 1.08. The molecule has 0 spiro atoms. The molecule has 0 bridgehead atoms. The third kappa shape index (κ3) is 2.45. The number of rotatable bonds is 3. The van der Waals surface area contributed by atoms with Crippen LogP contribution in [-0.4, -0.2) is 42.5 Å². The highest BCUT2D eigenvalue weighted by Gasteiger charge is 2.22. The molecule has 5 heteroatoms. The molecule has 1 fully saturated rings. The summed E-state index contributed by atoms with van der Waals surface area (Å²) in [7, 11) is 3.93. The van der Waals surface area contributed by atoms with Crippen LogP contribution in [0.3, 0.4) is 0 Å². The molecule has 1 saturated heterocycles. The Morgan fingerprint density at radius 1 is 1.56 bits per heavy atom. The van der Waals surface area contributed by atoms with Gasteiger partial charge in [-0.2, -0.15) is 4.98 Å². The first kappa shape index (κ1) is 11.6. The van der Waals surface area contributed by atoms with Gasteiger partial charge < -0.3 is 9.80 Å². The Labute approximate surface area is 105 Å². The Bertz CT molecular complexity index is 356. The van der Waals surface area contributed by atoms with Crippen LogP contribution in [0, 0.1) is 5.92 Å². The quantitative estimate of drug-likeness (QED) is 0.792. The molecular formula is C11H17BrN4. The molecule has 1 aromatic rings. The zero-order valence-corrected chi connectivity index (χ0v) is 11.3. The summed E-state index contributed by atoms with van der Waals surface area (Å²) in [4.78, 5) is 13.0. The molecular weight excluding hydrogens is 268 g/mol. The zero-order chi connectivity index (χ0) is 11.5. The van der Waals surface area contributed by atoms with Gasteiger partial charge in [0.2, 0.25) is 5.95 Å². The summed E-state index contributed by atoms with van der Waals surface area (Å²) < 4.78 is 0. The first-order valence-electron chi connectivity index (χ1n) is 5.52. The topological polar surface area (TPSA) is 32.3 Å². The van der Waals surface area contributed by atoms with E-state index in [1.54, 1.807) is 0 Å². The molecule has 16 heavy (non-hydrogen) atoms. The minimum atomic E-state index is 0.748. The number of aromatic nitrogens is 2. The highest BCUT2D eigenvalue weighted by Crippen LogP contribution is 2.23. The van der Waals surface area contributed by atoms with E-state index in [9.17, 15) is 0 Å². The fourth-order valence-corrected chi connectivity index (χ4v) is 2.43. The third-order valence-corrected chi connectivity index (χ3v) is 3.77. The van der Waals surface area contributed by atoms with Crippen molar-refractivity contribution in [2.45, 2.75) is 6.42 Å². The summed E-state index contributed by atoms with van der Waals surface area (Å²) in [6, 6.07) is 1.99. The standard InChI is InChI=1S/C11H17BrN4/c1-15(2)11-13-5-3-10(14-11)16-6-4-9(7-12)8-16/h3,5,9H,4,6-8H2,1-2H3. The lowest BCUT2D eigenvalue weighted by atomic mass is 10.2. The Balaban J connectivity index is 2.12. The lowest BCUT2D eigenvalue weighted by Crippen LogP contribution is -2.22. The van der Waals surface area contributed by atoms with E-state index in [2.05, 4.69) is 30.8 Å². The molecule has 1 aromatic heterocycles.